The van der Waals surface area contributed by atoms with Crippen molar-refractivity contribution in [3.63, 3.8) is 0 Å². The Kier molecular flexibility index (Phi) is 5.67. The summed E-state index contributed by atoms with van der Waals surface area (Å²) in [5.41, 5.74) is 8.81. The number of fused-ring (bicyclic) bond motifs is 1. The summed E-state index contributed by atoms with van der Waals surface area (Å²) < 4.78 is 1.57. The van der Waals surface area contributed by atoms with Crippen LogP contribution in [-0.4, -0.2) is 92.5 Å². The second-order valence-corrected chi connectivity index (χ2v) is 8.77. The number of rotatable bonds is 3. The third-order valence-corrected chi connectivity index (χ3v) is 6.73. The van der Waals surface area contributed by atoms with Crippen molar-refractivity contribution in [3.05, 3.63) is 48.0 Å². The molecule has 0 atom stereocenters. The molecule has 2 aliphatic rings. The van der Waals surface area contributed by atoms with E-state index in [4.69, 9.17) is 5.73 Å². The first-order valence-corrected chi connectivity index (χ1v) is 11.3. The van der Waals surface area contributed by atoms with Crippen molar-refractivity contribution >= 4 is 17.6 Å². The van der Waals surface area contributed by atoms with Gasteiger partial charge >= 0.3 is 6.03 Å². The molecule has 3 amide bonds. The predicted octanol–water partition coefficient (Wildman–Crippen LogP) is 1.44. The summed E-state index contributed by atoms with van der Waals surface area (Å²) in [6, 6.07) is 3.88. The van der Waals surface area contributed by atoms with Gasteiger partial charge in [0.15, 0.2) is 5.65 Å². The van der Waals surface area contributed by atoms with Gasteiger partial charge in [0, 0.05) is 69.6 Å². The predicted molar refractivity (Wildman–Crippen MR) is 123 cm³/mol. The molecule has 5 rings (SSSR count). The molecule has 33 heavy (non-hydrogen) atoms. The van der Waals surface area contributed by atoms with Crippen LogP contribution in [0.1, 0.15) is 34.7 Å². The molecule has 10 heteroatoms. The second kappa shape index (κ2) is 8.78. The monoisotopic (exact) mass is 448 g/mol. The van der Waals surface area contributed by atoms with Crippen LogP contribution >= 0.6 is 0 Å². The zero-order valence-electron chi connectivity index (χ0n) is 18.7. The number of amides is 3. The highest BCUT2D eigenvalue weighted by molar-refractivity contribution is 6.04. The second-order valence-electron chi connectivity index (χ2n) is 8.77. The van der Waals surface area contributed by atoms with Gasteiger partial charge in [0.1, 0.15) is 11.3 Å². The van der Waals surface area contributed by atoms with Crippen molar-refractivity contribution in [2.75, 3.05) is 46.3 Å². The van der Waals surface area contributed by atoms with Crippen LogP contribution in [0.4, 0.5) is 4.79 Å². The number of piperazine rings is 1. The maximum Gasteiger partial charge on any atom is 0.320 e. The number of hydrogen-bond donors (Lipinski definition) is 1. The minimum absolute atomic E-state index is 0.138. The van der Waals surface area contributed by atoms with Gasteiger partial charge in [-0.3, -0.25) is 9.78 Å². The molecule has 0 aliphatic carbocycles. The number of nitrogens with zero attached hydrogens (tertiary/aromatic N) is 7. The molecule has 2 fully saturated rings. The zero-order chi connectivity index (χ0) is 22.9. The molecule has 0 unspecified atom stereocenters. The van der Waals surface area contributed by atoms with E-state index in [9.17, 15) is 9.59 Å². The summed E-state index contributed by atoms with van der Waals surface area (Å²) in [5.74, 6) is -0.334. The SMILES string of the molecule is CN1CCN(C(=O)N2CCC(c3ccncc3-c3nn4cccnc4c3C(N)=O)CC2)CC1. The van der Waals surface area contributed by atoms with Crippen molar-refractivity contribution in [2.45, 2.75) is 18.8 Å². The van der Waals surface area contributed by atoms with Crippen LogP contribution < -0.4 is 5.73 Å². The Morgan fingerprint density at radius 1 is 1.03 bits per heavy atom. The van der Waals surface area contributed by atoms with E-state index in [-0.39, 0.29) is 11.9 Å². The molecular formula is C23H28N8O2. The molecular weight excluding hydrogens is 420 g/mol. The summed E-state index contributed by atoms with van der Waals surface area (Å²) in [6.45, 7) is 4.79. The van der Waals surface area contributed by atoms with Gasteiger partial charge in [-0.2, -0.15) is 5.10 Å². The highest BCUT2D eigenvalue weighted by Gasteiger charge is 2.31. The van der Waals surface area contributed by atoms with Crippen LogP contribution in [0.3, 0.4) is 0 Å². The lowest BCUT2D eigenvalue weighted by Gasteiger charge is -2.39. The fraction of sp³-hybridized carbons (Fsp3) is 0.435. The molecule has 5 heterocycles. The first-order valence-electron chi connectivity index (χ1n) is 11.3. The van der Waals surface area contributed by atoms with Gasteiger partial charge in [0.05, 0.1) is 0 Å². The molecule has 0 saturated carbocycles. The number of likely N-dealkylation sites (N-methyl/N-ethyl adjacent to an activating group) is 1. The third-order valence-electron chi connectivity index (χ3n) is 6.73. The summed E-state index contributed by atoms with van der Waals surface area (Å²) in [5, 5.41) is 4.61. The molecule has 0 radical (unpaired) electrons. The molecule has 2 saturated heterocycles. The summed E-state index contributed by atoms with van der Waals surface area (Å²) >= 11 is 0. The van der Waals surface area contributed by atoms with Crippen LogP contribution in [0.25, 0.3) is 16.9 Å². The Hall–Kier alpha value is -3.53. The van der Waals surface area contributed by atoms with Gasteiger partial charge in [-0.15, -0.1) is 0 Å². The highest BCUT2D eigenvalue weighted by atomic mass is 16.2. The number of urea groups is 1. The maximum atomic E-state index is 13.0. The van der Waals surface area contributed by atoms with Gasteiger partial charge in [-0.1, -0.05) is 0 Å². The number of carbonyl (C=O) groups is 2. The maximum absolute atomic E-state index is 13.0. The lowest BCUT2D eigenvalue weighted by Crippen LogP contribution is -2.53. The largest absolute Gasteiger partial charge is 0.365 e. The lowest BCUT2D eigenvalue weighted by molar-refractivity contribution is 0.100. The average molecular weight is 449 g/mol. The van der Waals surface area contributed by atoms with Crippen LogP contribution in [0.5, 0.6) is 0 Å². The van der Waals surface area contributed by atoms with E-state index in [1.165, 1.54) is 0 Å². The van der Waals surface area contributed by atoms with Crippen molar-refractivity contribution in [1.82, 2.24) is 34.3 Å². The standard InChI is InChI=1S/C23H28N8O2/c1-28-11-13-30(14-12-28)23(33)29-9-4-16(5-10-29)17-3-7-25-15-18(17)20-19(21(24)32)22-26-6-2-8-31(22)27-20/h2-3,6-8,15-16H,4-5,9-14H2,1H3,(H2,24,32). The normalized spacial score (nSPS) is 18.1. The zero-order valence-corrected chi connectivity index (χ0v) is 18.7. The molecule has 0 spiro atoms. The fourth-order valence-corrected chi connectivity index (χ4v) is 4.84. The van der Waals surface area contributed by atoms with Gasteiger partial charge in [-0.25, -0.2) is 14.3 Å². The number of piperidine rings is 1. The van der Waals surface area contributed by atoms with E-state index in [0.29, 0.717) is 30.0 Å². The molecule has 3 aromatic heterocycles. The van der Waals surface area contributed by atoms with Crippen LogP contribution in [0.15, 0.2) is 36.9 Å². The molecule has 2 N–H and O–H groups in total. The van der Waals surface area contributed by atoms with Crippen LogP contribution in [-0.2, 0) is 0 Å². The first-order chi connectivity index (χ1) is 16.0. The molecule has 3 aromatic rings. The number of carbonyl (C=O) groups excluding carboxylic acids is 2. The lowest BCUT2D eigenvalue weighted by atomic mass is 9.86. The average Bonchev–Trinajstić information content (AvgIpc) is 3.24. The smallest absolute Gasteiger partial charge is 0.320 e. The summed E-state index contributed by atoms with van der Waals surface area (Å²) in [7, 11) is 2.09. The Morgan fingerprint density at radius 2 is 1.76 bits per heavy atom. The summed E-state index contributed by atoms with van der Waals surface area (Å²) in [6.07, 6.45) is 8.55. The van der Waals surface area contributed by atoms with Crippen molar-refractivity contribution in [1.29, 1.82) is 0 Å². The van der Waals surface area contributed by atoms with Gasteiger partial charge in [0.25, 0.3) is 5.91 Å². The molecule has 2 aliphatic heterocycles. The number of primary amides is 1. The molecule has 0 aromatic carbocycles. The minimum atomic E-state index is -0.568. The number of aromatic nitrogens is 4. The van der Waals surface area contributed by atoms with Crippen LogP contribution in [0, 0.1) is 0 Å². The Balaban J connectivity index is 1.38. The Labute approximate surface area is 192 Å². The number of nitrogens with two attached hydrogens (primary N) is 1. The van der Waals surface area contributed by atoms with E-state index in [0.717, 1.165) is 50.1 Å². The summed E-state index contributed by atoms with van der Waals surface area (Å²) in [4.78, 5) is 40.0. The van der Waals surface area contributed by atoms with E-state index in [2.05, 4.69) is 27.0 Å². The van der Waals surface area contributed by atoms with Crippen molar-refractivity contribution in [3.8, 4) is 11.3 Å². The fourth-order valence-electron chi connectivity index (χ4n) is 4.84. The van der Waals surface area contributed by atoms with Gasteiger partial charge in [-0.05, 0) is 43.5 Å². The Morgan fingerprint density at radius 3 is 2.48 bits per heavy atom. The van der Waals surface area contributed by atoms with E-state index >= 15 is 0 Å². The highest BCUT2D eigenvalue weighted by Crippen LogP contribution is 2.36. The third kappa shape index (κ3) is 4.02. The van der Waals surface area contributed by atoms with Gasteiger partial charge in [0.2, 0.25) is 0 Å². The van der Waals surface area contributed by atoms with Crippen molar-refractivity contribution < 1.29 is 9.59 Å². The molecule has 0 bridgehead atoms. The van der Waals surface area contributed by atoms with E-state index in [1.807, 2.05) is 15.9 Å². The number of pyridine rings is 1. The Bertz CT molecular complexity index is 1180. The van der Waals surface area contributed by atoms with Gasteiger partial charge < -0.3 is 20.4 Å². The van der Waals surface area contributed by atoms with E-state index in [1.54, 1.807) is 35.4 Å². The quantitative estimate of drug-likeness (QED) is 0.649. The first kappa shape index (κ1) is 21.3. The number of hydrogen-bond acceptors (Lipinski definition) is 6. The topological polar surface area (TPSA) is 113 Å². The number of likely N-dealkylation sites (tertiary alicyclic amines) is 1. The van der Waals surface area contributed by atoms with Crippen LogP contribution in [0.2, 0.25) is 0 Å². The van der Waals surface area contributed by atoms with E-state index < -0.39 is 5.91 Å². The van der Waals surface area contributed by atoms with Crippen molar-refractivity contribution in [2.24, 2.45) is 5.73 Å². The minimum Gasteiger partial charge on any atom is -0.365 e. The molecule has 10 nitrogen and oxygen atoms in total. The molecule has 172 valence electrons.